The highest BCUT2D eigenvalue weighted by molar-refractivity contribution is 7.90. The average Bonchev–Trinajstić information content (AvgIpc) is 3.08. The van der Waals surface area contributed by atoms with Crippen LogP contribution in [0.25, 0.3) is 0 Å². The van der Waals surface area contributed by atoms with Gasteiger partial charge in [-0.2, -0.15) is 0 Å². The summed E-state index contributed by atoms with van der Waals surface area (Å²) in [4.78, 5) is 24.0. The Labute approximate surface area is 157 Å². The van der Waals surface area contributed by atoms with Crippen molar-refractivity contribution in [3.8, 4) is 0 Å². The van der Waals surface area contributed by atoms with E-state index in [9.17, 15) is 18.0 Å². The van der Waals surface area contributed by atoms with Crippen LogP contribution in [0.3, 0.4) is 0 Å². The number of furan rings is 1. The zero-order valence-electron chi connectivity index (χ0n) is 15.0. The van der Waals surface area contributed by atoms with E-state index < -0.39 is 34.1 Å². The lowest BCUT2D eigenvalue weighted by Gasteiger charge is -2.12. The minimum Gasteiger partial charge on any atom is -0.457 e. The SMILES string of the molecule is COCC(C)NC(=O)COC(=O)c1occc1CS(=O)(=O)c1ccccc1. The van der Waals surface area contributed by atoms with E-state index in [1.807, 2.05) is 0 Å². The van der Waals surface area contributed by atoms with Crippen LogP contribution < -0.4 is 5.32 Å². The highest BCUT2D eigenvalue weighted by Crippen LogP contribution is 2.20. The van der Waals surface area contributed by atoms with Gasteiger partial charge in [0.05, 0.1) is 23.5 Å². The number of methoxy groups -OCH3 is 1. The van der Waals surface area contributed by atoms with Gasteiger partial charge in [-0.1, -0.05) is 18.2 Å². The van der Waals surface area contributed by atoms with E-state index in [0.717, 1.165) is 0 Å². The van der Waals surface area contributed by atoms with Crippen LogP contribution in [-0.2, 0) is 29.9 Å². The average molecular weight is 395 g/mol. The van der Waals surface area contributed by atoms with Gasteiger partial charge in [-0.05, 0) is 25.1 Å². The number of carbonyl (C=O) groups excluding carboxylic acids is 2. The van der Waals surface area contributed by atoms with Crippen molar-refractivity contribution in [1.82, 2.24) is 5.32 Å². The largest absolute Gasteiger partial charge is 0.457 e. The lowest BCUT2D eigenvalue weighted by Crippen LogP contribution is -2.38. The topological polar surface area (TPSA) is 112 Å². The molecule has 0 fully saturated rings. The second kappa shape index (κ2) is 9.33. The molecule has 8 nitrogen and oxygen atoms in total. The van der Waals surface area contributed by atoms with Crippen LogP contribution in [0.4, 0.5) is 0 Å². The minimum absolute atomic E-state index is 0.136. The number of esters is 1. The molecule has 9 heteroatoms. The number of amides is 1. The number of ether oxygens (including phenoxy) is 2. The Bertz CT molecular complexity index is 874. The van der Waals surface area contributed by atoms with E-state index in [1.165, 1.54) is 31.6 Å². The summed E-state index contributed by atoms with van der Waals surface area (Å²) in [5.74, 6) is -2.08. The lowest BCUT2D eigenvalue weighted by atomic mass is 10.3. The highest BCUT2D eigenvalue weighted by atomic mass is 32.2. The summed E-state index contributed by atoms with van der Waals surface area (Å²) < 4.78 is 39.8. The van der Waals surface area contributed by atoms with E-state index in [-0.39, 0.29) is 22.3 Å². The fourth-order valence-electron chi connectivity index (χ4n) is 2.35. The molecule has 1 heterocycles. The maximum atomic E-state index is 12.5. The molecule has 2 rings (SSSR count). The number of benzene rings is 1. The van der Waals surface area contributed by atoms with E-state index in [0.29, 0.717) is 6.61 Å². The first-order valence-electron chi connectivity index (χ1n) is 8.13. The third-order valence-corrected chi connectivity index (χ3v) is 5.22. The van der Waals surface area contributed by atoms with Crippen LogP contribution in [0.2, 0.25) is 0 Å². The second-order valence-electron chi connectivity index (χ2n) is 5.85. The van der Waals surface area contributed by atoms with E-state index in [2.05, 4.69) is 5.32 Å². The first-order valence-corrected chi connectivity index (χ1v) is 9.78. The minimum atomic E-state index is -3.65. The standard InChI is InChI=1S/C18H21NO7S/c1-13(10-24-2)19-16(20)11-26-18(21)17-14(8-9-25-17)12-27(22,23)15-6-4-3-5-7-15/h3-9,13H,10-12H2,1-2H3,(H,19,20). The molecule has 146 valence electrons. The van der Waals surface area contributed by atoms with Crippen molar-refractivity contribution in [2.75, 3.05) is 20.3 Å². The molecule has 0 aliphatic heterocycles. The lowest BCUT2D eigenvalue weighted by molar-refractivity contribution is -0.125. The van der Waals surface area contributed by atoms with Gasteiger partial charge >= 0.3 is 5.97 Å². The summed E-state index contributed by atoms with van der Waals surface area (Å²) in [7, 11) is -2.15. The molecular weight excluding hydrogens is 374 g/mol. The molecule has 0 aliphatic rings. The van der Waals surface area contributed by atoms with Crippen LogP contribution in [0.5, 0.6) is 0 Å². The maximum Gasteiger partial charge on any atom is 0.375 e. The molecule has 0 saturated heterocycles. The summed E-state index contributed by atoms with van der Waals surface area (Å²) in [5, 5.41) is 2.59. The fraction of sp³-hybridized carbons (Fsp3) is 0.333. The molecule has 0 radical (unpaired) electrons. The number of nitrogens with one attached hydrogen (secondary N) is 1. The fourth-order valence-corrected chi connectivity index (χ4v) is 3.72. The summed E-state index contributed by atoms with van der Waals surface area (Å²) in [6.07, 6.45) is 1.20. The summed E-state index contributed by atoms with van der Waals surface area (Å²) >= 11 is 0. The number of rotatable bonds is 9. The Morgan fingerprint density at radius 1 is 1.19 bits per heavy atom. The molecule has 0 aliphatic carbocycles. The van der Waals surface area contributed by atoms with Gasteiger partial charge in [0.15, 0.2) is 16.4 Å². The molecular formula is C18H21NO7S. The number of carbonyl (C=O) groups is 2. The van der Waals surface area contributed by atoms with Crippen molar-refractivity contribution in [2.45, 2.75) is 23.6 Å². The zero-order valence-corrected chi connectivity index (χ0v) is 15.8. The molecule has 0 spiro atoms. The van der Waals surface area contributed by atoms with Crippen LogP contribution in [0.1, 0.15) is 23.0 Å². The van der Waals surface area contributed by atoms with E-state index in [4.69, 9.17) is 13.9 Å². The molecule has 27 heavy (non-hydrogen) atoms. The van der Waals surface area contributed by atoms with E-state index >= 15 is 0 Å². The van der Waals surface area contributed by atoms with Crippen LogP contribution >= 0.6 is 0 Å². The van der Waals surface area contributed by atoms with Crippen molar-refractivity contribution in [1.29, 1.82) is 0 Å². The van der Waals surface area contributed by atoms with Crippen molar-refractivity contribution in [2.24, 2.45) is 0 Å². The summed E-state index contributed by atoms with van der Waals surface area (Å²) in [6.45, 7) is 1.54. The monoisotopic (exact) mass is 395 g/mol. The molecule has 1 atom stereocenters. The van der Waals surface area contributed by atoms with Crippen molar-refractivity contribution in [3.05, 3.63) is 54.0 Å². The molecule has 2 aromatic rings. The van der Waals surface area contributed by atoms with Gasteiger partial charge in [-0.25, -0.2) is 13.2 Å². The quantitative estimate of drug-likeness (QED) is 0.641. The Hall–Kier alpha value is -2.65. The Kier molecular flexibility index (Phi) is 7.14. The van der Waals surface area contributed by atoms with Crippen LogP contribution in [-0.4, -0.2) is 46.7 Å². The van der Waals surface area contributed by atoms with Crippen molar-refractivity contribution < 1.29 is 31.9 Å². The predicted molar refractivity (Wildman–Crippen MR) is 95.8 cm³/mol. The molecule has 1 N–H and O–H groups in total. The maximum absolute atomic E-state index is 12.5. The van der Waals surface area contributed by atoms with Crippen LogP contribution in [0.15, 0.2) is 52.0 Å². The first-order chi connectivity index (χ1) is 12.8. The second-order valence-corrected chi connectivity index (χ2v) is 7.84. The van der Waals surface area contributed by atoms with Gasteiger partial charge in [-0.15, -0.1) is 0 Å². The smallest absolute Gasteiger partial charge is 0.375 e. The molecule has 1 amide bonds. The highest BCUT2D eigenvalue weighted by Gasteiger charge is 2.24. The number of sulfone groups is 1. The summed E-state index contributed by atoms with van der Waals surface area (Å²) in [6, 6.07) is 9.02. The predicted octanol–water partition coefficient (Wildman–Crippen LogP) is 1.56. The van der Waals surface area contributed by atoms with E-state index in [1.54, 1.807) is 25.1 Å². The van der Waals surface area contributed by atoms with Gasteiger partial charge in [-0.3, -0.25) is 4.79 Å². The normalized spacial score (nSPS) is 12.4. The Morgan fingerprint density at radius 3 is 2.56 bits per heavy atom. The van der Waals surface area contributed by atoms with Gasteiger partial charge in [0.2, 0.25) is 5.76 Å². The molecule has 0 saturated carbocycles. The van der Waals surface area contributed by atoms with Crippen molar-refractivity contribution >= 4 is 21.7 Å². The molecule has 1 unspecified atom stereocenters. The Balaban J connectivity index is 2.00. The third kappa shape index (κ3) is 5.93. The molecule has 1 aromatic heterocycles. The van der Waals surface area contributed by atoms with Gasteiger partial charge in [0.25, 0.3) is 5.91 Å². The zero-order chi connectivity index (χ0) is 19.9. The number of hydrogen-bond acceptors (Lipinski definition) is 7. The van der Waals surface area contributed by atoms with Crippen LogP contribution in [0, 0.1) is 0 Å². The van der Waals surface area contributed by atoms with Gasteiger partial charge in [0, 0.05) is 18.7 Å². The third-order valence-electron chi connectivity index (χ3n) is 3.54. The number of hydrogen-bond donors (Lipinski definition) is 1. The molecule has 1 aromatic carbocycles. The van der Waals surface area contributed by atoms with Gasteiger partial charge in [0.1, 0.15) is 0 Å². The van der Waals surface area contributed by atoms with Gasteiger partial charge < -0.3 is 19.2 Å². The Morgan fingerprint density at radius 2 is 1.89 bits per heavy atom. The summed E-state index contributed by atoms with van der Waals surface area (Å²) in [5.41, 5.74) is 0.164. The molecule has 0 bridgehead atoms. The first kappa shape index (κ1) is 20.7. The van der Waals surface area contributed by atoms with Crippen molar-refractivity contribution in [3.63, 3.8) is 0 Å².